The number of nitrogens with one attached hydrogen (secondary N) is 1. The van der Waals surface area contributed by atoms with Crippen molar-refractivity contribution in [2.45, 2.75) is 76.5 Å². The number of rotatable bonds is 9. The Hall–Kier alpha value is -4.63. The van der Waals surface area contributed by atoms with Gasteiger partial charge in [-0.15, -0.1) is 0 Å². The van der Waals surface area contributed by atoms with Gasteiger partial charge >= 0.3 is 12.1 Å². The van der Waals surface area contributed by atoms with E-state index in [1.165, 1.54) is 0 Å². The largest absolute Gasteiger partial charge is 0.463 e. The highest BCUT2D eigenvalue weighted by atomic mass is 16.6. The molecule has 3 atom stereocenters. The van der Waals surface area contributed by atoms with Gasteiger partial charge < -0.3 is 24.9 Å². The van der Waals surface area contributed by atoms with Gasteiger partial charge in [0.1, 0.15) is 18.2 Å². The number of para-hydroxylation sites is 1. The van der Waals surface area contributed by atoms with Crippen LogP contribution in [0.1, 0.15) is 75.2 Å². The van der Waals surface area contributed by atoms with E-state index in [1.807, 2.05) is 75.4 Å². The lowest BCUT2D eigenvalue weighted by Crippen LogP contribution is -2.56. The first-order chi connectivity index (χ1) is 23.6. The molecular weight excluding hydrogens is 618 g/mol. The SMILES string of the molecule is COCCOC(=O)C(c1ccc(-c2ccccc2)cc1)C1CCC(C2c3[nH]c4ccccc4c3CC(C(N)=O)N2C(=O)OC(C)(C)C)CC1. The molecule has 1 aliphatic carbocycles. The van der Waals surface area contributed by atoms with Gasteiger partial charge in [0.15, 0.2) is 0 Å². The summed E-state index contributed by atoms with van der Waals surface area (Å²) in [5.74, 6) is -1.23. The van der Waals surface area contributed by atoms with E-state index in [0.717, 1.165) is 64.5 Å². The van der Waals surface area contributed by atoms with Crippen molar-refractivity contribution in [2.75, 3.05) is 20.3 Å². The van der Waals surface area contributed by atoms with Crippen LogP contribution in [0.2, 0.25) is 0 Å². The van der Waals surface area contributed by atoms with Crippen LogP contribution in [0, 0.1) is 11.8 Å². The normalized spacial score (nSPS) is 21.5. The number of aromatic amines is 1. The highest BCUT2D eigenvalue weighted by molar-refractivity contribution is 5.90. The Morgan fingerprint density at radius 2 is 1.53 bits per heavy atom. The van der Waals surface area contributed by atoms with Gasteiger partial charge in [-0.3, -0.25) is 14.5 Å². The van der Waals surface area contributed by atoms with Crippen molar-refractivity contribution in [3.8, 4) is 11.1 Å². The lowest BCUT2D eigenvalue weighted by atomic mass is 9.70. The average Bonchev–Trinajstić information content (AvgIpc) is 3.46. The molecule has 9 heteroatoms. The van der Waals surface area contributed by atoms with Gasteiger partial charge in [-0.05, 0) is 86.6 Å². The number of esters is 1. The number of hydrogen-bond acceptors (Lipinski definition) is 6. The van der Waals surface area contributed by atoms with Crippen molar-refractivity contribution in [1.82, 2.24) is 9.88 Å². The van der Waals surface area contributed by atoms with Crippen molar-refractivity contribution < 1.29 is 28.6 Å². The number of primary amides is 1. The third-order valence-electron chi connectivity index (χ3n) is 10.0. The van der Waals surface area contributed by atoms with Gasteiger partial charge in [0, 0.05) is 30.1 Å². The quantitative estimate of drug-likeness (QED) is 0.143. The van der Waals surface area contributed by atoms with Crippen LogP contribution in [0.15, 0.2) is 78.9 Å². The minimum Gasteiger partial charge on any atom is -0.463 e. The minimum absolute atomic E-state index is 0.00310. The molecule has 0 radical (unpaired) electrons. The van der Waals surface area contributed by atoms with E-state index in [4.69, 9.17) is 19.9 Å². The van der Waals surface area contributed by atoms with E-state index < -0.39 is 35.6 Å². The summed E-state index contributed by atoms with van der Waals surface area (Å²) in [5, 5.41) is 1.03. The van der Waals surface area contributed by atoms with Crippen molar-refractivity contribution >= 4 is 28.9 Å². The molecule has 49 heavy (non-hydrogen) atoms. The fourth-order valence-electron chi connectivity index (χ4n) is 7.80. The summed E-state index contributed by atoms with van der Waals surface area (Å²) >= 11 is 0. The molecule has 3 N–H and O–H groups in total. The second kappa shape index (κ2) is 14.5. The molecule has 0 spiro atoms. The van der Waals surface area contributed by atoms with E-state index in [-0.39, 0.29) is 24.4 Å². The first-order valence-electron chi connectivity index (χ1n) is 17.3. The summed E-state index contributed by atoms with van der Waals surface area (Å²) in [4.78, 5) is 45.9. The van der Waals surface area contributed by atoms with Crippen LogP contribution in [0.25, 0.3) is 22.0 Å². The molecule has 1 aromatic heterocycles. The predicted molar refractivity (Wildman–Crippen MR) is 189 cm³/mol. The number of ether oxygens (including phenoxy) is 3. The molecule has 2 amide bonds. The summed E-state index contributed by atoms with van der Waals surface area (Å²) < 4.78 is 16.8. The Bertz CT molecular complexity index is 1770. The molecule has 2 aliphatic rings. The van der Waals surface area contributed by atoms with Gasteiger partial charge in [0.2, 0.25) is 5.91 Å². The standard InChI is InChI=1S/C40H47N3O6/c1-40(2,3)49-39(46)43-33(37(41)44)24-31-30-12-8-9-13-32(30)42-35(31)36(43)29-20-18-28(19-21-29)34(38(45)48-23-22-47-4)27-16-14-26(15-17-27)25-10-6-5-7-11-25/h5-17,28-29,33-34,36,42H,18-24H2,1-4H3,(H2,41,44). The van der Waals surface area contributed by atoms with Crippen LogP contribution >= 0.6 is 0 Å². The maximum Gasteiger partial charge on any atom is 0.411 e. The predicted octanol–water partition coefficient (Wildman–Crippen LogP) is 7.30. The number of fused-ring (bicyclic) bond motifs is 3. The average molecular weight is 666 g/mol. The number of nitrogens with two attached hydrogens (primary N) is 1. The summed E-state index contributed by atoms with van der Waals surface area (Å²) in [6.07, 6.45) is 2.71. The first kappa shape index (κ1) is 34.2. The van der Waals surface area contributed by atoms with Crippen LogP contribution in [-0.4, -0.2) is 59.8 Å². The topological polar surface area (TPSA) is 124 Å². The smallest absolute Gasteiger partial charge is 0.411 e. The third-order valence-corrected chi connectivity index (χ3v) is 10.0. The van der Waals surface area contributed by atoms with Crippen molar-refractivity contribution in [1.29, 1.82) is 0 Å². The lowest BCUT2D eigenvalue weighted by Gasteiger charge is -2.46. The maximum absolute atomic E-state index is 13.9. The number of carbonyl (C=O) groups is 3. The highest BCUT2D eigenvalue weighted by Gasteiger charge is 2.48. The zero-order chi connectivity index (χ0) is 34.7. The monoisotopic (exact) mass is 665 g/mol. The number of nitrogens with zero attached hydrogens (tertiary/aromatic N) is 1. The van der Waals surface area contributed by atoms with Crippen molar-refractivity contribution in [3.63, 3.8) is 0 Å². The zero-order valence-corrected chi connectivity index (χ0v) is 28.8. The fraction of sp³-hybridized carbons (Fsp3) is 0.425. The summed E-state index contributed by atoms with van der Waals surface area (Å²) in [6, 6.07) is 25.1. The van der Waals surface area contributed by atoms with E-state index in [2.05, 4.69) is 29.2 Å². The number of benzene rings is 3. The van der Waals surface area contributed by atoms with Gasteiger partial charge in [0.25, 0.3) is 0 Å². The molecule has 258 valence electrons. The first-order valence-corrected chi connectivity index (χ1v) is 17.3. The van der Waals surface area contributed by atoms with Gasteiger partial charge in [0.05, 0.1) is 18.6 Å². The van der Waals surface area contributed by atoms with E-state index in [0.29, 0.717) is 13.0 Å². The van der Waals surface area contributed by atoms with Crippen molar-refractivity contribution in [3.05, 3.63) is 95.7 Å². The van der Waals surface area contributed by atoms with Crippen molar-refractivity contribution in [2.24, 2.45) is 17.6 Å². The Kier molecular flexibility index (Phi) is 10.1. The summed E-state index contributed by atoms with van der Waals surface area (Å²) in [6.45, 7) is 5.98. The molecule has 2 heterocycles. The molecule has 3 unspecified atom stereocenters. The number of carbonyl (C=O) groups excluding carboxylic acids is 3. The number of aromatic nitrogens is 1. The molecule has 0 bridgehead atoms. The molecule has 4 aromatic rings. The molecule has 3 aromatic carbocycles. The molecule has 6 rings (SSSR count). The highest BCUT2D eigenvalue weighted by Crippen LogP contribution is 2.49. The van der Waals surface area contributed by atoms with Crippen LogP contribution < -0.4 is 5.73 Å². The lowest BCUT2D eigenvalue weighted by molar-refractivity contribution is -0.148. The van der Waals surface area contributed by atoms with Crippen LogP contribution in [0.4, 0.5) is 4.79 Å². The van der Waals surface area contributed by atoms with Gasteiger partial charge in [-0.1, -0.05) is 72.8 Å². The van der Waals surface area contributed by atoms with Crippen LogP contribution in [0.5, 0.6) is 0 Å². The molecule has 9 nitrogen and oxygen atoms in total. The number of amides is 2. The van der Waals surface area contributed by atoms with E-state index in [1.54, 1.807) is 12.0 Å². The Balaban J connectivity index is 1.31. The third kappa shape index (κ3) is 7.37. The molecular formula is C40H47N3O6. The maximum atomic E-state index is 13.9. The van der Waals surface area contributed by atoms with Gasteiger partial charge in [-0.25, -0.2) is 4.79 Å². The van der Waals surface area contributed by atoms with E-state index >= 15 is 0 Å². The Morgan fingerprint density at radius 1 is 0.878 bits per heavy atom. The molecule has 1 fully saturated rings. The summed E-state index contributed by atoms with van der Waals surface area (Å²) in [7, 11) is 1.59. The van der Waals surface area contributed by atoms with E-state index in [9.17, 15) is 14.4 Å². The number of hydrogen-bond donors (Lipinski definition) is 2. The van der Waals surface area contributed by atoms with Crippen LogP contribution in [0.3, 0.4) is 0 Å². The second-order valence-corrected chi connectivity index (χ2v) is 14.3. The Labute approximate surface area is 288 Å². The van der Waals surface area contributed by atoms with Gasteiger partial charge in [-0.2, -0.15) is 0 Å². The number of methoxy groups -OCH3 is 1. The Morgan fingerprint density at radius 3 is 2.18 bits per heavy atom. The molecule has 1 saturated carbocycles. The molecule has 0 saturated heterocycles. The zero-order valence-electron chi connectivity index (χ0n) is 28.8. The number of H-pyrrole nitrogens is 1. The fourth-order valence-corrected chi connectivity index (χ4v) is 7.80. The minimum atomic E-state index is -0.851. The summed E-state index contributed by atoms with van der Waals surface area (Å²) in [5.41, 5.74) is 11.3. The second-order valence-electron chi connectivity index (χ2n) is 14.3. The molecule has 1 aliphatic heterocycles. The van der Waals surface area contributed by atoms with Crippen LogP contribution in [-0.2, 0) is 30.2 Å².